The highest BCUT2D eigenvalue weighted by molar-refractivity contribution is 8.47. The number of carboxylic acid groups (broad SMARTS) is 1. The molecule has 0 saturated heterocycles. The molecule has 0 aromatic heterocycles. The molecule has 0 fully saturated rings. The van der Waals surface area contributed by atoms with Gasteiger partial charge in [0.05, 0.1) is 130 Å². The van der Waals surface area contributed by atoms with Gasteiger partial charge in [-0.15, -0.1) is 11.8 Å². The number of thiocarbonyl (C=S) groups is 1. The minimum atomic E-state index is -1.37. The number of hydrogen-bond donors (Lipinski definition) is 1. The van der Waals surface area contributed by atoms with Gasteiger partial charge in [0, 0.05) is 13.7 Å². The van der Waals surface area contributed by atoms with Crippen LogP contribution in [0.5, 0.6) is 0 Å². The number of carbonyl (C=O) groups excluding carboxylic acids is 3. The van der Waals surface area contributed by atoms with E-state index < -0.39 is 52.7 Å². The number of benzene rings is 1. The number of thioether (sulfide) groups is 2. The maximum Gasteiger partial charge on any atom is 0.321 e. The minimum absolute atomic E-state index is 0.0491. The zero-order valence-corrected chi connectivity index (χ0v) is 49.8. The maximum atomic E-state index is 14.1. The van der Waals surface area contributed by atoms with Gasteiger partial charge >= 0.3 is 23.9 Å². The zero-order valence-electron chi connectivity index (χ0n) is 47.3. The van der Waals surface area contributed by atoms with Crippen molar-refractivity contribution in [3.63, 3.8) is 0 Å². The van der Waals surface area contributed by atoms with Crippen molar-refractivity contribution in [2.45, 2.75) is 136 Å². The molecule has 0 heterocycles. The highest BCUT2D eigenvalue weighted by atomic mass is 32.2. The molecule has 77 heavy (non-hydrogen) atoms. The van der Waals surface area contributed by atoms with Gasteiger partial charge < -0.3 is 66.7 Å². The molecule has 0 saturated carbocycles. The van der Waals surface area contributed by atoms with Gasteiger partial charge in [-0.1, -0.05) is 119 Å². The number of aliphatic carboxylic acids is 1. The van der Waals surface area contributed by atoms with Gasteiger partial charge in [-0.2, -0.15) is 0 Å². The fraction of sp³-hybridized carbons (Fsp3) is 0.804. The van der Waals surface area contributed by atoms with Gasteiger partial charge in [0.1, 0.15) is 22.0 Å². The van der Waals surface area contributed by atoms with Crippen LogP contribution >= 0.6 is 35.7 Å². The zero-order chi connectivity index (χ0) is 56.5. The Labute approximate surface area is 474 Å². The molecule has 0 aliphatic carbocycles. The second kappa shape index (κ2) is 50.5. The maximum absolute atomic E-state index is 14.1. The summed E-state index contributed by atoms with van der Waals surface area (Å²) in [5.74, 6) is -4.45. The van der Waals surface area contributed by atoms with Crippen molar-refractivity contribution in [3.8, 4) is 0 Å². The van der Waals surface area contributed by atoms with Crippen LogP contribution in [0, 0.1) is 17.3 Å². The summed E-state index contributed by atoms with van der Waals surface area (Å²) in [5.41, 5.74) is -0.627. The van der Waals surface area contributed by atoms with E-state index in [1.54, 1.807) is 21.0 Å². The summed E-state index contributed by atoms with van der Waals surface area (Å²) in [6.07, 6.45) is 10.8. The molecule has 4 unspecified atom stereocenters. The number of hydrogen-bond acceptors (Lipinski definition) is 20. The number of ether oxygens (including phenoxy) is 13. The van der Waals surface area contributed by atoms with Gasteiger partial charge in [0.15, 0.2) is 6.29 Å². The normalized spacial score (nSPS) is 13.2. The Morgan fingerprint density at radius 2 is 1.01 bits per heavy atom. The van der Waals surface area contributed by atoms with Crippen LogP contribution in [0.1, 0.15) is 124 Å². The minimum Gasteiger partial charge on any atom is -0.481 e. The molecule has 446 valence electrons. The Morgan fingerprint density at radius 3 is 1.47 bits per heavy atom. The van der Waals surface area contributed by atoms with Crippen molar-refractivity contribution in [2.75, 3.05) is 138 Å². The largest absolute Gasteiger partial charge is 0.481 e. The molecular weight excluding hydrogens is 1060 g/mol. The third-order valence-corrected chi connectivity index (χ3v) is 14.6. The number of carbonyl (C=O) groups is 4. The van der Waals surface area contributed by atoms with Crippen LogP contribution in [0.15, 0.2) is 30.3 Å². The van der Waals surface area contributed by atoms with Gasteiger partial charge in [-0.25, -0.2) is 0 Å². The SMILES string of the molecule is CCCCCCCCCCCCSC(=S)SC(CC(CC(CC(C)(C)C(=O)O)C(=O)OCCOCCOCCOCCOCCOCCOCCOCCOCCOC)C(=O)OCc1ccccc1)C(=O)OC(C)OCC. The van der Waals surface area contributed by atoms with Crippen LogP contribution in [0.4, 0.5) is 0 Å². The summed E-state index contributed by atoms with van der Waals surface area (Å²) in [6, 6.07) is 9.14. The van der Waals surface area contributed by atoms with Crippen molar-refractivity contribution in [1.29, 1.82) is 0 Å². The molecule has 0 bridgehead atoms. The number of carboxylic acids is 1. The average molecular weight is 1150 g/mol. The van der Waals surface area contributed by atoms with Crippen molar-refractivity contribution in [2.24, 2.45) is 17.3 Å². The van der Waals surface area contributed by atoms with E-state index >= 15 is 0 Å². The van der Waals surface area contributed by atoms with E-state index in [0.717, 1.165) is 42.3 Å². The molecule has 0 spiro atoms. The van der Waals surface area contributed by atoms with E-state index in [0.29, 0.717) is 103 Å². The number of methoxy groups -OCH3 is 1. The van der Waals surface area contributed by atoms with Crippen LogP contribution in [-0.2, 0) is 87.4 Å². The summed E-state index contributed by atoms with van der Waals surface area (Å²) in [7, 11) is 1.63. The topological polar surface area (TPSA) is 208 Å². The predicted molar refractivity (Wildman–Crippen MR) is 303 cm³/mol. The first-order valence-electron chi connectivity index (χ1n) is 27.7. The number of esters is 3. The first-order chi connectivity index (χ1) is 37.3. The van der Waals surface area contributed by atoms with Crippen molar-refractivity contribution in [3.05, 3.63) is 35.9 Å². The lowest BCUT2D eigenvalue weighted by atomic mass is 9.78. The Hall–Kier alpha value is -2.51. The van der Waals surface area contributed by atoms with Crippen molar-refractivity contribution in [1.82, 2.24) is 0 Å². The summed E-state index contributed by atoms with van der Waals surface area (Å²) < 4.78 is 72.2. The number of rotatable bonds is 54. The van der Waals surface area contributed by atoms with Crippen LogP contribution < -0.4 is 0 Å². The molecule has 0 radical (unpaired) electrons. The second-order valence-electron chi connectivity index (χ2n) is 18.8. The number of unbranched alkanes of at least 4 members (excludes halogenated alkanes) is 9. The third-order valence-electron chi connectivity index (χ3n) is 11.7. The van der Waals surface area contributed by atoms with E-state index in [1.165, 1.54) is 70.6 Å². The lowest BCUT2D eigenvalue weighted by molar-refractivity contribution is -0.173. The van der Waals surface area contributed by atoms with Crippen LogP contribution in [0.25, 0.3) is 0 Å². The molecule has 21 heteroatoms. The van der Waals surface area contributed by atoms with Crippen LogP contribution in [0.3, 0.4) is 0 Å². The summed E-state index contributed by atoms with van der Waals surface area (Å²) in [6.45, 7) is 15.8. The predicted octanol–water partition coefficient (Wildman–Crippen LogP) is 9.53. The first-order valence-corrected chi connectivity index (χ1v) is 30.0. The third kappa shape index (κ3) is 42.1. The Bertz CT molecular complexity index is 1610. The fourth-order valence-corrected chi connectivity index (χ4v) is 10.1. The molecule has 1 aromatic carbocycles. The molecule has 0 aliphatic rings. The standard InChI is InChI=1S/C56H96O18S3/c1-7-9-10-11-12-13-14-15-16-20-41-76-55(75)77-50(53(59)74-46(3)71-8-2)43-48(51(57)73-45-47-21-18-17-19-22-47)42-49(44-56(4,5)54(60)61)52(58)72-40-39-70-38-37-69-36-35-68-34-33-67-32-31-66-30-29-65-28-27-64-26-25-63-24-23-62-6/h17-19,21-22,46,48-50H,7-16,20,23-45H2,1-6H3,(H,60,61). The molecule has 4 atom stereocenters. The molecular formula is C56H96O18S3. The van der Waals surface area contributed by atoms with E-state index in [9.17, 15) is 24.3 Å². The van der Waals surface area contributed by atoms with Crippen LogP contribution in [-0.4, -0.2) is 182 Å². The lowest BCUT2D eigenvalue weighted by Crippen LogP contribution is -2.36. The van der Waals surface area contributed by atoms with Gasteiger partial charge in [0.25, 0.3) is 0 Å². The summed E-state index contributed by atoms with van der Waals surface area (Å²) in [5, 5.41) is 9.17. The monoisotopic (exact) mass is 1150 g/mol. The van der Waals surface area contributed by atoms with Gasteiger partial charge in [0.2, 0.25) is 0 Å². The van der Waals surface area contributed by atoms with Crippen molar-refractivity contribution < 1.29 is 85.9 Å². The Balaban J connectivity index is 2.70. The first kappa shape index (κ1) is 72.5. The van der Waals surface area contributed by atoms with Gasteiger partial charge in [-0.05, 0) is 64.7 Å². The highest BCUT2D eigenvalue weighted by Crippen LogP contribution is 2.35. The molecule has 1 rings (SSSR count). The van der Waals surface area contributed by atoms with Crippen molar-refractivity contribution >= 4 is 63.1 Å². The summed E-state index contributed by atoms with van der Waals surface area (Å²) in [4.78, 5) is 54.3. The second-order valence-corrected chi connectivity index (χ2v) is 22.3. The molecule has 0 aliphatic heterocycles. The average Bonchev–Trinajstić information content (AvgIpc) is 3.40. The molecule has 1 N–H and O–H groups in total. The molecule has 18 nitrogen and oxygen atoms in total. The Kier molecular flexibility index (Phi) is 47.5. The summed E-state index contributed by atoms with van der Waals surface area (Å²) >= 11 is 8.42. The van der Waals surface area contributed by atoms with E-state index in [2.05, 4.69) is 6.92 Å². The fourth-order valence-electron chi connectivity index (χ4n) is 7.40. The molecule has 0 amide bonds. The van der Waals surface area contributed by atoms with E-state index in [1.807, 2.05) is 30.3 Å². The van der Waals surface area contributed by atoms with E-state index in [4.69, 9.17) is 73.8 Å². The smallest absolute Gasteiger partial charge is 0.321 e. The van der Waals surface area contributed by atoms with Crippen LogP contribution in [0.2, 0.25) is 0 Å². The van der Waals surface area contributed by atoms with E-state index in [-0.39, 0.29) is 52.3 Å². The van der Waals surface area contributed by atoms with Gasteiger partial charge in [-0.3, -0.25) is 19.2 Å². The lowest BCUT2D eigenvalue weighted by Gasteiger charge is -2.28. The quantitative estimate of drug-likeness (QED) is 0.0212. The highest BCUT2D eigenvalue weighted by Gasteiger charge is 2.40. The Morgan fingerprint density at radius 1 is 0.571 bits per heavy atom. The molecule has 1 aromatic rings.